The SMILES string of the molecule is COC(=O)[C@@]1(CC(C)C)N[C@H]2c3cc4c(cc3[C@@]35CCN(C)[C@@H]3C[C@H](O)[C@@H]1[C@@H]25)OCO4. The highest BCUT2D eigenvalue weighted by molar-refractivity contribution is 5.83. The van der Waals surface area contributed by atoms with Gasteiger partial charge in [0.1, 0.15) is 5.54 Å². The fourth-order valence-corrected chi connectivity index (χ4v) is 8.08. The van der Waals surface area contributed by atoms with Crippen molar-refractivity contribution in [2.75, 3.05) is 27.5 Å². The predicted molar refractivity (Wildman–Crippen MR) is 113 cm³/mol. The molecule has 168 valence electrons. The van der Waals surface area contributed by atoms with Crippen LogP contribution >= 0.6 is 0 Å². The van der Waals surface area contributed by atoms with Gasteiger partial charge in [0.15, 0.2) is 11.5 Å². The van der Waals surface area contributed by atoms with Gasteiger partial charge in [0.05, 0.1) is 13.2 Å². The molecule has 7 atom stereocenters. The lowest BCUT2D eigenvalue weighted by molar-refractivity contribution is -0.156. The van der Waals surface area contributed by atoms with E-state index in [4.69, 9.17) is 14.2 Å². The summed E-state index contributed by atoms with van der Waals surface area (Å²) in [5.74, 6) is 1.55. The second-order valence-electron chi connectivity index (χ2n) is 10.6. The number of esters is 1. The molecule has 3 heterocycles. The van der Waals surface area contributed by atoms with Gasteiger partial charge < -0.3 is 24.2 Å². The van der Waals surface area contributed by atoms with Crippen LogP contribution in [0.3, 0.4) is 0 Å². The first-order valence-electron chi connectivity index (χ1n) is 11.5. The summed E-state index contributed by atoms with van der Waals surface area (Å²) in [6.07, 6.45) is 1.76. The maximum atomic E-state index is 13.4. The van der Waals surface area contributed by atoms with Gasteiger partial charge >= 0.3 is 5.97 Å². The molecule has 31 heavy (non-hydrogen) atoms. The van der Waals surface area contributed by atoms with Crippen molar-refractivity contribution in [2.24, 2.45) is 17.8 Å². The van der Waals surface area contributed by atoms with Gasteiger partial charge in [-0.1, -0.05) is 13.8 Å². The molecule has 3 aliphatic heterocycles. The van der Waals surface area contributed by atoms with Gasteiger partial charge in [-0.25, -0.2) is 0 Å². The Bertz CT molecular complexity index is 950. The zero-order chi connectivity index (χ0) is 21.7. The van der Waals surface area contributed by atoms with Crippen LogP contribution in [-0.2, 0) is 14.9 Å². The maximum absolute atomic E-state index is 13.4. The lowest BCUT2D eigenvalue weighted by Gasteiger charge is -2.51. The Balaban J connectivity index is 1.59. The van der Waals surface area contributed by atoms with Gasteiger partial charge in [0.2, 0.25) is 6.79 Å². The van der Waals surface area contributed by atoms with Gasteiger partial charge in [-0.2, -0.15) is 0 Å². The minimum Gasteiger partial charge on any atom is -0.468 e. The quantitative estimate of drug-likeness (QED) is 0.713. The molecule has 2 saturated heterocycles. The minimum absolute atomic E-state index is 0.0173. The van der Waals surface area contributed by atoms with Crippen LogP contribution in [0, 0.1) is 17.8 Å². The molecule has 6 rings (SSSR count). The van der Waals surface area contributed by atoms with E-state index in [-0.39, 0.29) is 48.0 Å². The molecule has 1 aromatic rings. The molecule has 1 aromatic carbocycles. The molecule has 0 amide bonds. The molecule has 2 N–H and O–H groups in total. The van der Waals surface area contributed by atoms with E-state index in [0.29, 0.717) is 12.8 Å². The van der Waals surface area contributed by atoms with Crippen LogP contribution in [-0.4, -0.2) is 61.2 Å². The number of fused-ring (bicyclic) bond motifs is 3. The lowest BCUT2D eigenvalue weighted by atomic mass is 9.55. The summed E-state index contributed by atoms with van der Waals surface area (Å²) >= 11 is 0. The molecule has 7 nitrogen and oxygen atoms in total. The molecular weight excluding hydrogens is 396 g/mol. The number of hydrogen-bond acceptors (Lipinski definition) is 7. The van der Waals surface area contributed by atoms with Crippen molar-refractivity contribution in [2.45, 2.75) is 62.3 Å². The number of carbonyl (C=O) groups excluding carboxylic acids is 1. The smallest absolute Gasteiger partial charge is 0.326 e. The molecule has 0 aromatic heterocycles. The number of methoxy groups -OCH3 is 1. The largest absolute Gasteiger partial charge is 0.468 e. The molecule has 0 radical (unpaired) electrons. The summed E-state index contributed by atoms with van der Waals surface area (Å²) in [5.41, 5.74) is 1.52. The number of rotatable bonds is 3. The van der Waals surface area contributed by atoms with Crippen molar-refractivity contribution in [3.63, 3.8) is 0 Å². The molecular formula is C24H32N2O5. The van der Waals surface area contributed by atoms with Gasteiger partial charge in [-0.05, 0) is 68.0 Å². The summed E-state index contributed by atoms with van der Waals surface area (Å²) in [6, 6.07) is 4.52. The minimum atomic E-state index is -0.884. The highest BCUT2D eigenvalue weighted by atomic mass is 16.7. The monoisotopic (exact) mass is 428 g/mol. The van der Waals surface area contributed by atoms with Crippen molar-refractivity contribution in [3.8, 4) is 11.5 Å². The Kier molecular flexibility index (Phi) is 4.07. The van der Waals surface area contributed by atoms with Gasteiger partial charge in [-0.3, -0.25) is 10.1 Å². The molecule has 1 spiro atoms. The van der Waals surface area contributed by atoms with Gasteiger partial charge in [-0.15, -0.1) is 0 Å². The van der Waals surface area contributed by atoms with E-state index in [1.807, 2.05) is 0 Å². The summed E-state index contributed by atoms with van der Waals surface area (Å²) < 4.78 is 16.8. The summed E-state index contributed by atoms with van der Waals surface area (Å²) in [4.78, 5) is 15.8. The van der Waals surface area contributed by atoms with Gasteiger partial charge in [0, 0.05) is 23.4 Å². The number of nitrogens with one attached hydrogen (secondary N) is 1. The fraction of sp³-hybridized carbons (Fsp3) is 0.708. The molecule has 1 saturated carbocycles. The molecule has 7 heteroatoms. The van der Waals surface area contributed by atoms with Crippen LogP contribution in [0.5, 0.6) is 11.5 Å². The van der Waals surface area contributed by atoms with Crippen LogP contribution in [0.2, 0.25) is 0 Å². The molecule has 0 bridgehead atoms. The van der Waals surface area contributed by atoms with Crippen molar-refractivity contribution < 1.29 is 24.1 Å². The highest BCUT2D eigenvalue weighted by Gasteiger charge is 2.74. The number of aliphatic hydroxyl groups is 1. The number of benzene rings is 1. The van der Waals surface area contributed by atoms with Crippen LogP contribution in [0.25, 0.3) is 0 Å². The number of carbonyl (C=O) groups is 1. The fourth-order valence-electron chi connectivity index (χ4n) is 8.08. The third-order valence-electron chi connectivity index (χ3n) is 8.87. The van der Waals surface area contributed by atoms with Crippen molar-refractivity contribution in [1.82, 2.24) is 10.2 Å². The molecule has 3 fully saturated rings. The number of ether oxygens (including phenoxy) is 3. The first-order chi connectivity index (χ1) is 14.8. The number of nitrogens with zero attached hydrogens (tertiary/aromatic N) is 1. The second-order valence-corrected chi connectivity index (χ2v) is 10.6. The number of likely N-dealkylation sites (N-methyl/N-ethyl adjacent to an activating group) is 1. The highest BCUT2D eigenvalue weighted by Crippen LogP contribution is 2.69. The van der Waals surface area contributed by atoms with Crippen molar-refractivity contribution in [1.29, 1.82) is 0 Å². The van der Waals surface area contributed by atoms with Crippen LogP contribution < -0.4 is 14.8 Å². The number of aliphatic hydroxyl groups excluding tert-OH is 1. The molecule has 0 unspecified atom stereocenters. The topological polar surface area (TPSA) is 80.3 Å². The summed E-state index contributed by atoms with van der Waals surface area (Å²) in [5, 5.41) is 15.3. The first kappa shape index (κ1) is 19.8. The first-order valence-corrected chi connectivity index (χ1v) is 11.5. The van der Waals surface area contributed by atoms with E-state index in [9.17, 15) is 9.90 Å². The Morgan fingerprint density at radius 2 is 2.06 bits per heavy atom. The Labute approximate surface area is 183 Å². The number of likely N-dealkylation sites (tertiary alicyclic amines) is 1. The summed E-state index contributed by atoms with van der Waals surface area (Å²) in [7, 11) is 3.62. The third-order valence-corrected chi connectivity index (χ3v) is 8.87. The molecule has 5 aliphatic rings. The van der Waals surface area contributed by atoms with E-state index < -0.39 is 11.6 Å². The van der Waals surface area contributed by atoms with Crippen LogP contribution in [0.1, 0.15) is 50.3 Å². The average molecular weight is 429 g/mol. The normalized spacial score (nSPS) is 41.9. The van der Waals surface area contributed by atoms with E-state index in [1.54, 1.807) is 0 Å². The zero-order valence-corrected chi connectivity index (χ0v) is 18.7. The standard InChI is InChI=1S/C24H32N2O5/c1-12(2)10-24(22(28)29-4)19-15(27)9-18-23(5-6-26(18)3)14-8-17-16(30-11-31-17)7-13(14)21(25-24)20(19)23/h7-8,12,15,18-21,25,27H,5-6,9-11H2,1-4H3/t15-,18+,19+,20-,21-,23-,24-/m0/s1. The van der Waals surface area contributed by atoms with Crippen LogP contribution in [0.4, 0.5) is 0 Å². The Morgan fingerprint density at radius 1 is 1.32 bits per heavy atom. The van der Waals surface area contributed by atoms with E-state index in [2.05, 4.69) is 43.2 Å². The van der Waals surface area contributed by atoms with Crippen molar-refractivity contribution >= 4 is 5.97 Å². The van der Waals surface area contributed by atoms with Crippen molar-refractivity contribution in [3.05, 3.63) is 23.3 Å². The Morgan fingerprint density at radius 3 is 2.77 bits per heavy atom. The van der Waals surface area contributed by atoms with Gasteiger partial charge in [0.25, 0.3) is 0 Å². The van der Waals surface area contributed by atoms with Crippen LogP contribution in [0.15, 0.2) is 12.1 Å². The third kappa shape index (κ3) is 2.27. The van der Waals surface area contributed by atoms with E-state index >= 15 is 0 Å². The summed E-state index contributed by atoms with van der Waals surface area (Å²) in [6.45, 7) is 5.49. The number of hydrogen-bond donors (Lipinski definition) is 2. The van der Waals surface area contributed by atoms with E-state index in [1.165, 1.54) is 18.2 Å². The Hall–Kier alpha value is -1.83. The predicted octanol–water partition coefficient (Wildman–Crippen LogP) is 1.97. The van der Waals surface area contributed by atoms with E-state index in [0.717, 1.165) is 24.5 Å². The lowest BCUT2D eigenvalue weighted by Crippen LogP contribution is -2.63. The zero-order valence-electron chi connectivity index (χ0n) is 18.7. The maximum Gasteiger partial charge on any atom is 0.326 e. The second kappa shape index (κ2) is 6.36. The average Bonchev–Trinajstić information content (AvgIpc) is 3.46. The molecule has 2 aliphatic carbocycles.